The highest BCUT2D eigenvalue weighted by molar-refractivity contribution is 5.76. The Labute approximate surface area is 203 Å². The summed E-state index contributed by atoms with van der Waals surface area (Å²) in [5, 5.41) is 6.29. The molecular formula is C23H24F5N5O3. The van der Waals surface area contributed by atoms with Gasteiger partial charge < -0.3 is 25.0 Å². The molecule has 194 valence electrons. The van der Waals surface area contributed by atoms with E-state index in [0.717, 1.165) is 37.8 Å². The maximum absolute atomic E-state index is 13.0. The molecule has 5 heterocycles. The van der Waals surface area contributed by atoms with Gasteiger partial charge in [-0.1, -0.05) is 0 Å². The number of carbonyl (C=O) groups excluding carboxylic acids is 1. The van der Waals surface area contributed by atoms with Crippen molar-refractivity contribution in [2.24, 2.45) is 0 Å². The number of carbonyl (C=O) groups is 1. The molecule has 3 atom stereocenters. The third-order valence-electron chi connectivity index (χ3n) is 6.63. The molecular weight excluding hydrogens is 489 g/mol. The van der Waals surface area contributed by atoms with Crippen molar-refractivity contribution in [3.63, 3.8) is 0 Å². The molecule has 0 amide bonds. The molecule has 36 heavy (non-hydrogen) atoms. The average Bonchev–Trinajstić information content (AvgIpc) is 3.46. The molecule has 3 unspecified atom stereocenters. The summed E-state index contributed by atoms with van der Waals surface area (Å²) < 4.78 is 75.0. The van der Waals surface area contributed by atoms with Gasteiger partial charge in [0.15, 0.2) is 0 Å². The van der Waals surface area contributed by atoms with Gasteiger partial charge in [0.05, 0.1) is 12.6 Å². The number of anilines is 3. The van der Waals surface area contributed by atoms with E-state index in [2.05, 4.69) is 15.6 Å². The summed E-state index contributed by atoms with van der Waals surface area (Å²) in [5.41, 5.74) is 1.03. The fourth-order valence-electron chi connectivity index (χ4n) is 4.90. The second-order valence-corrected chi connectivity index (χ2v) is 9.02. The first-order valence-electron chi connectivity index (χ1n) is 11.6. The van der Waals surface area contributed by atoms with Crippen molar-refractivity contribution in [2.75, 3.05) is 29.9 Å². The van der Waals surface area contributed by atoms with Crippen LogP contribution in [0.2, 0.25) is 0 Å². The van der Waals surface area contributed by atoms with Crippen molar-refractivity contribution in [1.29, 1.82) is 0 Å². The van der Waals surface area contributed by atoms with Gasteiger partial charge in [-0.25, -0.2) is 23.5 Å². The molecule has 3 aliphatic heterocycles. The number of aromatic nitrogens is 2. The highest BCUT2D eigenvalue weighted by atomic mass is 19.4. The summed E-state index contributed by atoms with van der Waals surface area (Å²) in [4.78, 5) is 22.0. The number of pyridine rings is 2. The van der Waals surface area contributed by atoms with Crippen molar-refractivity contribution in [3.8, 4) is 0 Å². The molecule has 5 rings (SSSR count). The van der Waals surface area contributed by atoms with Crippen LogP contribution >= 0.6 is 0 Å². The van der Waals surface area contributed by atoms with Gasteiger partial charge in [0.1, 0.15) is 17.7 Å². The van der Waals surface area contributed by atoms with Crippen LogP contribution in [0, 0.1) is 0 Å². The van der Waals surface area contributed by atoms with E-state index in [1.54, 1.807) is 11.0 Å². The second kappa shape index (κ2) is 9.77. The van der Waals surface area contributed by atoms with Crippen LogP contribution in [0.1, 0.15) is 42.9 Å². The van der Waals surface area contributed by atoms with E-state index in [1.165, 1.54) is 12.1 Å². The number of ether oxygens (including phenoxy) is 2. The van der Waals surface area contributed by atoms with Crippen LogP contribution in [0.3, 0.4) is 0 Å². The van der Waals surface area contributed by atoms with Crippen molar-refractivity contribution < 1.29 is 36.2 Å². The SMILES string of the molecule is O=C(OC1C2CC(CO2)N1c1cc(Nc2ccc(C(F)F)cn2)nc(C2CCNCC2)c1)C(F)(F)F. The lowest BCUT2D eigenvalue weighted by molar-refractivity contribution is -0.209. The molecule has 2 aromatic heterocycles. The first kappa shape index (κ1) is 24.6. The van der Waals surface area contributed by atoms with Gasteiger partial charge in [-0.3, -0.25) is 0 Å². The minimum atomic E-state index is -5.13. The maximum Gasteiger partial charge on any atom is 0.491 e. The van der Waals surface area contributed by atoms with Gasteiger partial charge >= 0.3 is 12.1 Å². The van der Waals surface area contributed by atoms with Crippen molar-refractivity contribution in [2.45, 2.75) is 56.2 Å². The van der Waals surface area contributed by atoms with Gasteiger partial charge in [0, 0.05) is 41.5 Å². The number of fused-ring (bicyclic) bond motifs is 2. The predicted molar refractivity (Wildman–Crippen MR) is 118 cm³/mol. The molecule has 0 spiro atoms. The summed E-state index contributed by atoms with van der Waals surface area (Å²) in [6.07, 6.45) is -6.58. The Morgan fingerprint density at radius 1 is 1.19 bits per heavy atom. The Bertz CT molecular complexity index is 1090. The predicted octanol–water partition coefficient (Wildman–Crippen LogP) is 4.03. The fraction of sp³-hybridized carbons (Fsp3) is 0.522. The van der Waals surface area contributed by atoms with E-state index < -0.39 is 30.9 Å². The van der Waals surface area contributed by atoms with Gasteiger partial charge in [0.2, 0.25) is 6.23 Å². The third kappa shape index (κ3) is 5.07. The number of halogens is 5. The highest BCUT2D eigenvalue weighted by Crippen LogP contribution is 2.41. The normalized spacial score (nSPS) is 24.4. The Hall–Kier alpha value is -3.06. The lowest BCUT2D eigenvalue weighted by atomic mass is 9.93. The first-order valence-corrected chi connectivity index (χ1v) is 11.6. The monoisotopic (exact) mass is 513 g/mol. The highest BCUT2D eigenvalue weighted by Gasteiger charge is 2.53. The van der Waals surface area contributed by atoms with Crippen LogP contribution in [0.5, 0.6) is 0 Å². The lowest BCUT2D eigenvalue weighted by Gasteiger charge is -2.36. The standard InChI is InChI=1S/C23H24F5N5O3/c24-20(25)13-1-2-18(30-10-13)32-19-9-14(7-16(31-19)12-3-5-29-6-4-12)33-15-8-17(35-11-15)21(33)36-22(34)23(26,27)28/h1-2,7,9-10,12,15,17,20-21,29H,3-6,8,11H2,(H,30,31,32). The number of nitrogens with one attached hydrogen (secondary N) is 2. The van der Waals surface area contributed by atoms with E-state index in [0.29, 0.717) is 17.9 Å². The number of hydrogen-bond donors (Lipinski definition) is 2. The zero-order valence-corrected chi connectivity index (χ0v) is 19.0. The Morgan fingerprint density at radius 2 is 1.97 bits per heavy atom. The Kier molecular flexibility index (Phi) is 6.68. The number of hydrogen-bond acceptors (Lipinski definition) is 8. The summed E-state index contributed by atoms with van der Waals surface area (Å²) in [6.45, 7) is 1.88. The summed E-state index contributed by atoms with van der Waals surface area (Å²) in [5.74, 6) is -1.54. The fourth-order valence-corrected chi connectivity index (χ4v) is 4.90. The van der Waals surface area contributed by atoms with Crippen LogP contribution < -0.4 is 15.5 Å². The number of morpholine rings is 1. The summed E-state index contributed by atoms with van der Waals surface area (Å²) >= 11 is 0. The zero-order chi connectivity index (χ0) is 25.4. The van der Waals surface area contributed by atoms with Gasteiger partial charge in [0.25, 0.3) is 6.43 Å². The van der Waals surface area contributed by atoms with Crippen molar-refractivity contribution in [3.05, 3.63) is 41.7 Å². The third-order valence-corrected chi connectivity index (χ3v) is 6.63. The summed E-state index contributed by atoms with van der Waals surface area (Å²) in [6, 6.07) is 5.81. The second-order valence-electron chi connectivity index (χ2n) is 9.02. The molecule has 3 aliphatic rings. The van der Waals surface area contributed by atoms with Crippen LogP contribution in [0.15, 0.2) is 30.5 Å². The molecule has 2 aromatic rings. The number of alkyl halides is 5. The molecule has 0 saturated carbocycles. The molecule has 2 bridgehead atoms. The number of nitrogens with zero attached hydrogens (tertiary/aromatic N) is 3. The minimum absolute atomic E-state index is 0.105. The van der Waals surface area contributed by atoms with E-state index in [-0.39, 0.29) is 29.9 Å². The molecule has 0 aromatic carbocycles. The number of piperidine rings is 1. The smallest absolute Gasteiger partial charge is 0.432 e. The molecule has 13 heteroatoms. The number of rotatable bonds is 6. The Morgan fingerprint density at radius 3 is 2.64 bits per heavy atom. The Balaban J connectivity index is 1.48. The average molecular weight is 513 g/mol. The van der Waals surface area contributed by atoms with Crippen molar-refractivity contribution in [1.82, 2.24) is 15.3 Å². The van der Waals surface area contributed by atoms with Crippen LogP contribution in [0.4, 0.5) is 39.3 Å². The largest absolute Gasteiger partial charge is 0.491 e. The maximum atomic E-state index is 13.0. The molecule has 3 saturated heterocycles. The van der Waals surface area contributed by atoms with Crippen LogP contribution in [0.25, 0.3) is 0 Å². The topological polar surface area (TPSA) is 88.6 Å². The van der Waals surface area contributed by atoms with E-state index in [1.807, 2.05) is 6.07 Å². The first-order chi connectivity index (χ1) is 17.2. The minimum Gasteiger partial charge on any atom is -0.432 e. The van der Waals surface area contributed by atoms with Gasteiger partial charge in [-0.15, -0.1) is 0 Å². The molecule has 0 aliphatic carbocycles. The molecule has 2 N–H and O–H groups in total. The van der Waals surface area contributed by atoms with Crippen LogP contribution in [-0.4, -0.2) is 60.2 Å². The molecule has 8 nitrogen and oxygen atoms in total. The molecule has 0 radical (unpaired) electrons. The lowest BCUT2D eigenvalue weighted by Crippen LogP contribution is -2.49. The quantitative estimate of drug-likeness (QED) is 0.442. The van der Waals surface area contributed by atoms with E-state index in [4.69, 9.17) is 14.5 Å². The molecule has 3 fully saturated rings. The summed E-state index contributed by atoms with van der Waals surface area (Å²) in [7, 11) is 0. The van der Waals surface area contributed by atoms with Gasteiger partial charge in [-0.2, -0.15) is 13.2 Å². The van der Waals surface area contributed by atoms with Gasteiger partial charge in [-0.05, 0) is 44.1 Å². The number of esters is 1. The van der Waals surface area contributed by atoms with E-state index >= 15 is 0 Å². The van der Waals surface area contributed by atoms with Crippen molar-refractivity contribution >= 4 is 23.3 Å². The van der Waals surface area contributed by atoms with Crippen LogP contribution in [-0.2, 0) is 14.3 Å². The van der Waals surface area contributed by atoms with E-state index in [9.17, 15) is 26.7 Å². The zero-order valence-electron chi connectivity index (χ0n) is 19.0.